The predicted octanol–water partition coefficient (Wildman–Crippen LogP) is 3.45. The molecule has 3 rings (SSSR count). The van der Waals surface area contributed by atoms with Gasteiger partial charge in [0, 0.05) is 18.7 Å². The number of rotatable bonds is 4. The number of ether oxygens (including phenoxy) is 1. The lowest BCUT2D eigenvalue weighted by atomic mass is 10.2. The van der Waals surface area contributed by atoms with Crippen LogP contribution < -0.4 is 0 Å². The van der Waals surface area contributed by atoms with Gasteiger partial charge in [-0.3, -0.25) is 10.1 Å². The van der Waals surface area contributed by atoms with Crippen LogP contribution in [0.2, 0.25) is 0 Å². The molecule has 0 radical (unpaired) electrons. The summed E-state index contributed by atoms with van der Waals surface area (Å²) >= 11 is 1.55. The van der Waals surface area contributed by atoms with E-state index in [2.05, 4.69) is 0 Å². The number of fused-ring (bicyclic) bond motifs is 1. The Kier molecular flexibility index (Phi) is 3.64. The zero-order chi connectivity index (χ0) is 15.7. The van der Waals surface area contributed by atoms with E-state index in [4.69, 9.17) is 4.74 Å². The number of thiophene rings is 1. The van der Waals surface area contributed by atoms with Gasteiger partial charge in [-0.15, -0.1) is 11.3 Å². The van der Waals surface area contributed by atoms with Crippen molar-refractivity contribution in [3.63, 3.8) is 0 Å². The number of hydrogen-bond donors (Lipinski definition) is 0. The second-order valence-corrected chi connectivity index (χ2v) is 5.65. The van der Waals surface area contributed by atoms with Gasteiger partial charge in [-0.25, -0.2) is 4.79 Å². The summed E-state index contributed by atoms with van der Waals surface area (Å²) in [7, 11) is 1.35. The Morgan fingerprint density at radius 2 is 2.05 bits per heavy atom. The van der Waals surface area contributed by atoms with Crippen LogP contribution in [0.15, 0.2) is 41.8 Å². The fraction of sp³-hybridized carbons (Fsp3) is 0.133. The summed E-state index contributed by atoms with van der Waals surface area (Å²) in [4.78, 5) is 22.2. The van der Waals surface area contributed by atoms with Crippen molar-refractivity contribution >= 4 is 33.2 Å². The van der Waals surface area contributed by atoms with E-state index in [0.717, 1.165) is 15.8 Å². The van der Waals surface area contributed by atoms with E-state index < -0.39 is 10.9 Å². The minimum atomic E-state index is -0.434. The number of carbonyl (C=O) groups is 1. The summed E-state index contributed by atoms with van der Waals surface area (Å²) in [6.45, 7) is 0.447. The molecule has 0 aliphatic carbocycles. The highest BCUT2D eigenvalue weighted by Gasteiger charge is 2.17. The Bertz CT molecular complexity index is 848. The largest absolute Gasteiger partial charge is 0.464 e. The molecule has 3 aromatic rings. The summed E-state index contributed by atoms with van der Waals surface area (Å²) in [5.74, 6) is -0.398. The Morgan fingerprint density at radius 1 is 1.32 bits per heavy atom. The van der Waals surface area contributed by atoms with Gasteiger partial charge >= 0.3 is 5.97 Å². The number of nitro groups is 1. The molecule has 6 nitrogen and oxygen atoms in total. The number of carbonyl (C=O) groups excluding carboxylic acids is 1. The monoisotopic (exact) mass is 316 g/mol. The van der Waals surface area contributed by atoms with Crippen molar-refractivity contribution in [2.45, 2.75) is 6.54 Å². The molecule has 2 heterocycles. The topological polar surface area (TPSA) is 74.4 Å². The van der Waals surface area contributed by atoms with Crippen molar-refractivity contribution in [1.29, 1.82) is 0 Å². The van der Waals surface area contributed by atoms with E-state index >= 15 is 0 Å². The van der Waals surface area contributed by atoms with E-state index in [-0.39, 0.29) is 5.69 Å². The smallest absolute Gasteiger partial charge is 0.354 e. The van der Waals surface area contributed by atoms with Crippen LogP contribution in [0.1, 0.15) is 16.1 Å². The first-order chi connectivity index (χ1) is 10.6. The molecule has 0 spiro atoms. The molecule has 0 saturated carbocycles. The molecule has 0 N–H and O–H groups in total. The van der Waals surface area contributed by atoms with Gasteiger partial charge in [0.05, 0.1) is 22.2 Å². The number of esters is 1. The van der Waals surface area contributed by atoms with Gasteiger partial charge in [0.1, 0.15) is 5.69 Å². The zero-order valence-corrected chi connectivity index (χ0v) is 12.5. The number of methoxy groups -OCH3 is 1. The summed E-state index contributed by atoms with van der Waals surface area (Å²) in [5, 5.41) is 12.6. The van der Waals surface area contributed by atoms with Gasteiger partial charge in [-0.2, -0.15) is 0 Å². The second-order valence-electron chi connectivity index (χ2n) is 4.70. The lowest BCUT2D eigenvalue weighted by molar-refractivity contribution is -0.384. The fourth-order valence-corrected chi connectivity index (χ4v) is 3.15. The zero-order valence-electron chi connectivity index (χ0n) is 11.7. The maximum Gasteiger partial charge on any atom is 0.354 e. The average molecular weight is 316 g/mol. The molecular formula is C15H12N2O4S. The first-order valence-corrected chi connectivity index (χ1v) is 7.36. The molecule has 22 heavy (non-hydrogen) atoms. The van der Waals surface area contributed by atoms with E-state index in [1.54, 1.807) is 29.5 Å². The normalized spacial score (nSPS) is 10.8. The van der Waals surface area contributed by atoms with Crippen LogP contribution in [-0.2, 0) is 11.3 Å². The highest BCUT2D eigenvalue weighted by Crippen LogP contribution is 2.27. The molecule has 0 atom stereocenters. The maximum absolute atomic E-state index is 11.9. The molecule has 1 aromatic carbocycles. The van der Waals surface area contributed by atoms with E-state index in [1.807, 2.05) is 16.0 Å². The third-order valence-corrected chi connectivity index (χ3v) is 4.26. The highest BCUT2D eigenvalue weighted by atomic mass is 32.1. The van der Waals surface area contributed by atoms with Crippen LogP contribution in [0.4, 0.5) is 5.69 Å². The minimum absolute atomic E-state index is 0.0464. The lowest BCUT2D eigenvalue weighted by Crippen LogP contribution is -2.11. The van der Waals surface area contributed by atoms with Crippen LogP contribution in [0.25, 0.3) is 10.2 Å². The summed E-state index contributed by atoms with van der Waals surface area (Å²) in [6.07, 6.45) is 0. The fourth-order valence-electron chi connectivity index (χ4n) is 2.33. The minimum Gasteiger partial charge on any atom is -0.464 e. The lowest BCUT2D eigenvalue weighted by Gasteiger charge is -2.09. The number of benzene rings is 1. The number of nitrogens with zero attached hydrogens (tertiary/aromatic N) is 2. The first-order valence-electron chi connectivity index (χ1n) is 6.48. The Labute approximate surface area is 129 Å². The molecule has 0 bridgehead atoms. The van der Waals surface area contributed by atoms with E-state index in [1.165, 1.54) is 19.2 Å². The molecule has 0 fully saturated rings. The number of aromatic nitrogens is 1. The predicted molar refractivity (Wildman–Crippen MR) is 83.4 cm³/mol. The second kappa shape index (κ2) is 5.61. The van der Waals surface area contributed by atoms with Crippen LogP contribution in [0.5, 0.6) is 0 Å². The summed E-state index contributed by atoms with van der Waals surface area (Å²) in [6, 6.07) is 10.0. The Hall–Kier alpha value is -2.67. The third-order valence-electron chi connectivity index (χ3n) is 3.41. The Balaban J connectivity index is 2.00. The van der Waals surface area contributed by atoms with Crippen molar-refractivity contribution in [3.8, 4) is 0 Å². The Morgan fingerprint density at radius 3 is 2.68 bits per heavy atom. The van der Waals surface area contributed by atoms with Crippen LogP contribution in [0.3, 0.4) is 0 Å². The van der Waals surface area contributed by atoms with Crippen molar-refractivity contribution in [1.82, 2.24) is 4.57 Å². The van der Waals surface area contributed by atoms with Crippen molar-refractivity contribution in [3.05, 3.63) is 63.1 Å². The molecule has 0 amide bonds. The molecule has 0 aliphatic rings. The molecule has 0 unspecified atom stereocenters. The van der Waals surface area contributed by atoms with Gasteiger partial charge in [0.15, 0.2) is 0 Å². The quantitative estimate of drug-likeness (QED) is 0.420. The van der Waals surface area contributed by atoms with Crippen LogP contribution >= 0.6 is 11.3 Å². The maximum atomic E-state index is 11.9. The third kappa shape index (κ3) is 2.46. The standard InChI is InChI=1S/C15H12N2O4S/c1-21-15(18)13-8-14-12(6-7-22-14)16(13)9-10-2-4-11(5-3-10)17(19)20/h2-8H,9H2,1H3. The molecule has 0 aliphatic heterocycles. The van der Waals surface area contributed by atoms with Gasteiger partial charge in [-0.05, 0) is 23.1 Å². The number of hydrogen-bond acceptors (Lipinski definition) is 5. The van der Waals surface area contributed by atoms with E-state index in [0.29, 0.717) is 12.2 Å². The molecule has 0 saturated heterocycles. The molecule has 112 valence electrons. The first kappa shape index (κ1) is 14.3. The van der Waals surface area contributed by atoms with Crippen LogP contribution in [0, 0.1) is 10.1 Å². The van der Waals surface area contributed by atoms with Crippen molar-refractivity contribution in [2.75, 3.05) is 7.11 Å². The van der Waals surface area contributed by atoms with Gasteiger partial charge in [-0.1, -0.05) is 12.1 Å². The average Bonchev–Trinajstić information content (AvgIpc) is 3.09. The van der Waals surface area contributed by atoms with Gasteiger partial charge in [0.25, 0.3) is 5.69 Å². The molecule has 2 aromatic heterocycles. The highest BCUT2D eigenvalue weighted by molar-refractivity contribution is 7.17. The molecular weight excluding hydrogens is 304 g/mol. The van der Waals surface area contributed by atoms with Crippen molar-refractivity contribution in [2.24, 2.45) is 0 Å². The number of nitro benzene ring substituents is 1. The van der Waals surface area contributed by atoms with Gasteiger partial charge < -0.3 is 9.30 Å². The summed E-state index contributed by atoms with van der Waals surface area (Å²) in [5.41, 5.74) is 2.34. The van der Waals surface area contributed by atoms with Gasteiger partial charge in [0.2, 0.25) is 0 Å². The SMILES string of the molecule is COC(=O)c1cc2sccc2n1Cc1ccc([N+](=O)[O-])cc1. The van der Waals surface area contributed by atoms with E-state index in [9.17, 15) is 14.9 Å². The summed E-state index contributed by atoms with van der Waals surface area (Å²) < 4.78 is 7.68. The number of non-ortho nitro benzene ring substituents is 1. The molecule has 7 heteroatoms. The van der Waals surface area contributed by atoms with Crippen LogP contribution in [-0.4, -0.2) is 22.6 Å². The van der Waals surface area contributed by atoms with Crippen molar-refractivity contribution < 1.29 is 14.5 Å².